The lowest BCUT2D eigenvalue weighted by Gasteiger charge is -2.06. The zero-order valence-corrected chi connectivity index (χ0v) is 9.52. The number of carbonyl (C=O) groups is 1. The second-order valence-corrected chi connectivity index (χ2v) is 3.71. The molecule has 1 aromatic rings. The third-order valence-corrected chi connectivity index (χ3v) is 2.43. The summed E-state index contributed by atoms with van der Waals surface area (Å²) in [5.41, 5.74) is 0.226. The van der Waals surface area contributed by atoms with Crippen molar-refractivity contribution in [2.45, 2.75) is 0 Å². The van der Waals surface area contributed by atoms with Crippen LogP contribution in [-0.4, -0.2) is 17.7 Å². The van der Waals surface area contributed by atoms with Crippen molar-refractivity contribution in [2.75, 3.05) is 6.61 Å². The molecule has 0 aliphatic carbocycles. The molecule has 0 aromatic heterocycles. The molecule has 0 amide bonds. The number of hydrogen-bond acceptors (Lipinski definition) is 2. The number of hydrogen-bond donors (Lipinski definition) is 1. The van der Waals surface area contributed by atoms with Crippen LogP contribution in [0.2, 0.25) is 0 Å². The fourth-order valence-corrected chi connectivity index (χ4v) is 1.39. The first kappa shape index (κ1) is 11.0. The minimum absolute atomic E-state index is 0.226. The van der Waals surface area contributed by atoms with E-state index in [1.54, 1.807) is 18.2 Å². The lowest BCUT2D eigenvalue weighted by molar-refractivity contribution is 0.0696. The predicted molar refractivity (Wildman–Crippen MR) is 61.8 cm³/mol. The summed E-state index contributed by atoms with van der Waals surface area (Å²) in [5, 5.41) is 8.75. The van der Waals surface area contributed by atoms with E-state index in [2.05, 4.69) is 29.2 Å². The van der Waals surface area contributed by atoms with Gasteiger partial charge in [0.2, 0.25) is 0 Å². The lowest BCUT2D eigenvalue weighted by Crippen LogP contribution is -2.00. The minimum atomic E-state index is -0.954. The van der Waals surface area contributed by atoms with Crippen LogP contribution in [0.1, 0.15) is 10.4 Å². The molecular weight excluding hydrogens is 295 g/mol. The van der Waals surface area contributed by atoms with Gasteiger partial charge < -0.3 is 9.84 Å². The van der Waals surface area contributed by atoms with Gasteiger partial charge in [0.25, 0.3) is 0 Å². The topological polar surface area (TPSA) is 46.5 Å². The average molecular weight is 304 g/mol. The quantitative estimate of drug-likeness (QED) is 0.687. The number of halogens is 1. The Labute approximate surface area is 95.5 Å². The Morgan fingerprint density at radius 3 is 2.93 bits per heavy atom. The van der Waals surface area contributed by atoms with Crippen LogP contribution in [0.4, 0.5) is 0 Å². The molecule has 0 bridgehead atoms. The fourth-order valence-electron chi connectivity index (χ4n) is 0.896. The van der Waals surface area contributed by atoms with Gasteiger partial charge in [0.05, 0.1) is 9.13 Å². The largest absolute Gasteiger partial charge is 0.488 e. The molecule has 0 heterocycles. The highest BCUT2D eigenvalue weighted by molar-refractivity contribution is 14.1. The Balaban J connectivity index is 2.95. The van der Waals surface area contributed by atoms with Crippen LogP contribution in [0, 0.1) is 3.57 Å². The Hall–Kier alpha value is -1.04. The number of carboxylic acids is 1. The number of benzene rings is 1. The van der Waals surface area contributed by atoms with Crippen LogP contribution >= 0.6 is 22.6 Å². The van der Waals surface area contributed by atoms with Crippen LogP contribution in [0.25, 0.3) is 0 Å². The van der Waals surface area contributed by atoms with Gasteiger partial charge in [-0.15, -0.1) is 0 Å². The fraction of sp³-hybridized carbons (Fsp3) is 0.100. The molecule has 1 N–H and O–H groups in total. The molecule has 3 nitrogen and oxygen atoms in total. The number of rotatable bonds is 4. The average Bonchev–Trinajstić information content (AvgIpc) is 2.16. The highest BCUT2D eigenvalue weighted by Crippen LogP contribution is 2.22. The van der Waals surface area contributed by atoms with Gasteiger partial charge in [-0.25, -0.2) is 4.79 Å². The van der Waals surface area contributed by atoms with Gasteiger partial charge in [-0.05, 0) is 40.8 Å². The van der Waals surface area contributed by atoms with Crippen molar-refractivity contribution in [2.24, 2.45) is 0 Å². The van der Waals surface area contributed by atoms with E-state index in [4.69, 9.17) is 9.84 Å². The van der Waals surface area contributed by atoms with Crippen molar-refractivity contribution in [3.8, 4) is 5.75 Å². The number of aromatic carboxylic acids is 1. The predicted octanol–water partition coefficient (Wildman–Crippen LogP) is 2.55. The van der Waals surface area contributed by atoms with E-state index in [1.165, 1.54) is 6.07 Å². The lowest BCUT2D eigenvalue weighted by atomic mass is 10.2. The molecule has 1 aromatic carbocycles. The third kappa shape index (κ3) is 2.73. The maximum atomic E-state index is 10.7. The molecule has 0 spiro atoms. The van der Waals surface area contributed by atoms with Gasteiger partial charge in [-0.2, -0.15) is 0 Å². The standard InChI is InChI=1S/C10H9IO3/c1-2-5-14-9-6-7(10(12)13)3-4-8(9)11/h2-4,6H,1,5H2,(H,12,13). The van der Waals surface area contributed by atoms with E-state index >= 15 is 0 Å². The zero-order valence-electron chi connectivity index (χ0n) is 7.37. The van der Waals surface area contributed by atoms with E-state index in [1.807, 2.05) is 0 Å². The molecule has 0 saturated heterocycles. The maximum absolute atomic E-state index is 10.7. The minimum Gasteiger partial charge on any atom is -0.488 e. The molecule has 0 aliphatic heterocycles. The molecule has 1 rings (SSSR count). The van der Waals surface area contributed by atoms with Gasteiger partial charge in [-0.1, -0.05) is 12.7 Å². The smallest absolute Gasteiger partial charge is 0.335 e. The van der Waals surface area contributed by atoms with Crippen molar-refractivity contribution < 1.29 is 14.6 Å². The summed E-state index contributed by atoms with van der Waals surface area (Å²) in [7, 11) is 0. The van der Waals surface area contributed by atoms with E-state index in [0.717, 1.165) is 3.57 Å². The van der Waals surface area contributed by atoms with Crippen molar-refractivity contribution in [1.29, 1.82) is 0 Å². The molecule has 0 saturated carbocycles. The summed E-state index contributed by atoms with van der Waals surface area (Å²) in [4.78, 5) is 10.7. The Morgan fingerprint density at radius 2 is 2.36 bits per heavy atom. The third-order valence-electron chi connectivity index (χ3n) is 1.53. The Bertz CT molecular complexity index is 360. The van der Waals surface area contributed by atoms with Crippen LogP contribution in [0.3, 0.4) is 0 Å². The monoisotopic (exact) mass is 304 g/mol. The van der Waals surface area contributed by atoms with Crippen molar-refractivity contribution in [3.05, 3.63) is 40.0 Å². The number of carboxylic acid groups (broad SMARTS) is 1. The second-order valence-electron chi connectivity index (χ2n) is 2.55. The molecule has 0 unspecified atom stereocenters. The van der Waals surface area contributed by atoms with Crippen molar-refractivity contribution >= 4 is 28.6 Å². The zero-order chi connectivity index (χ0) is 10.6. The Kier molecular flexibility index (Phi) is 3.94. The first-order valence-corrected chi connectivity index (χ1v) is 4.99. The molecule has 4 heteroatoms. The SMILES string of the molecule is C=CCOc1cc(C(=O)O)ccc1I. The van der Waals surface area contributed by atoms with Crippen molar-refractivity contribution in [3.63, 3.8) is 0 Å². The van der Waals surface area contributed by atoms with Gasteiger partial charge in [0, 0.05) is 0 Å². The number of ether oxygens (including phenoxy) is 1. The van der Waals surface area contributed by atoms with E-state index in [9.17, 15) is 4.79 Å². The summed E-state index contributed by atoms with van der Waals surface area (Å²) in [6, 6.07) is 4.76. The van der Waals surface area contributed by atoms with Gasteiger partial charge in [0.15, 0.2) is 0 Å². The molecule has 74 valence electrons. The van der Waals surface area contributed by atoms with Gasteiger partial charge in [-0.3, -0.25) is 0 Å². The van der Waals surface area contributed by atoms with Crippen LogP contribution in [0.15, 0.2) is 30.9 Å². The Morgan fingerprint density at radius 1 is 1.64 bits per heavy atom. The van der Waals surface area contributed by atoms with Gasteiger partial charge in [0.1, 0.15) is 12.4 Å². The molecule has 0 atom stereocenters. The first-order valence-electron chi connectivity index (χ1n) is 3.91. The summed E-state index contributed by atoms with van der Waals surface area (Å²) >= 11 is 2.09. The summed E-state index contributed by atoms with van der Waals surface area (Å²) in [5.74, 6) is -0.379. The van der Waals surface area contributed by atoms with E-state index in [0.29, 0.717) is 12.4 Å². The molecule has 0 aliphatic rings. The first-order chi connectivity index (χ1) is 6.65. The van der Waals surface area contributed by atoms with Crippen LogP contribution < -0.4 is 4.74 Å². The summed E-state index contributed by atoms with van der Waals surface area (Å²) in [6.45, 7) is 3.89. The van der Waals surface area contributed by atoms with Crippen LogP contribution in [-0.2, 0) is 0 Å². The molecule has 0 radical (unpaired) electrons. The normalized spacial score (nSPS) is 9.50. The van der Waals surface area contributed by atoms with E-state index < -0.39 is 5.97 Å². The summed E-state index contributed by atoms with van der Waals surface area (Å²) < 4.78 is 6.17. The highest BCUT2D eigenvalue weighted by Gasteiger charge is 2.07. The van der Waals surface area contributed by atoms with Crippen LogP contribution in [0.5, 0.6) is 5.75 Å². The van der Waals surface area contributed by atoms with Crippen molar-refractivity contribution in [1.82, 2.24) is 0 Å². The van der Waals surface area contributed by atoms with Gasteiger partial charge >= 0.3 is 5.97 Å². The molecule has 0 fully saturated rings. The summed E-state index contributed by atoms with van der Waals surface area (Å²) in [6.07, 6.45) is 1.61. The second kappa shape index (κ2) is 4.99. The maximum Gasteiger partial charge on any atom is 0.335 e. The molecular formula is C10H9IO3. The van der Waals surface area contributed by atoms with E-state index in [-0.39, 0.29) is 5.56 Å². The molecule has 14 heavy (non-hydrogen) atoms. The highest BCUT2D eigenvalue weighted by atomic mass is 127.